The molecule has 0 atom stereocenters. The van der Waals surface area contributed by atoms with Crippen LogP contribution in [0, 0.1) is 6.92 Å². The molecule has 4 nitrogen and oxygen atoms in total. The van der Waals surface area contributed by atoms with Gasteiger partial charge in [-0.05, 0) is 31.4 Å². The van der Waals surface area contributed by atoms with Crippen molar-refractivity contribution in [3.63, 3.8) is 0 Å². The normalized spacial score (nSPS) is 10.5. The first-order chi connectivity index (χ1) is 10.0. The predicted octanol–water partition coefficient (Wildman–Crippen LogP) is 4.02. The number of thioether (sulfide) groups is 1. The number of anilines is 1. The fourth-order valence-corrected chi connectivity index (χ4v) is 3.60. The van der Waals surface area contributed by atoms with Crippen LogP contribution in [0.3, 0.4) is 0 Å². The number of ether oxygens (including phenoxy) is 1. The zero-order chi connectivity index (χ0) is 15.4. The molecule has 0 aliphatic heterocycles. The molecule has 1 N–H and O–H groups in total. The number of methoxy groups -OCH3 is 1. The maximum atomic E-state index is 12.2. The second kappa shape index (κ2) is 7.15. The lowest BCUT2D eigenvalue weighted by Crippen LogP contribution is -2.14. The van der Waals surface area contributed by atoms with Crippen LogP contribution in [0.25, 0.3) is 0 Å². The van der Waals surface area contributed by atoms with E-state index in [1.807, 2.05) is 13.2 Å². The number of halogens is 1. The summed E-state index contributed by atoms with van der Waals surface area (Å²) in [7, 11) is 1.55. The van der Waals surface area contributed by atoms with Gasteiger partial charge in [0.1, 0.15) is 10.1 Å². The number of amides is 1. The van der Waals surface area contributed by atoms with Crippen molar-refractivity contribution in [2.24, 2.45) is 0 Å². The highest BCUT2D eigenvalue weighted by Crippen LogP contribution is 2.29. The summed E-state index contributed by atoms with van der Waals surface area (Å²) in [6, 6.07) is 5.11. The number of hydrogen-bond acceptors (Lipinski definition) is 5. The van der Waals surface area contributed by atoms with E-state index in [-0.39, 0.29) is 5.91 Å². The number of aryl methyl sites for hydroxylation is 1. The van der Waals surface area contributed by atoms with Crippen molar-refractivity contribution in [2.75, 3.05) is 18.7 Å². The van der Waals surface area contributed by atoms with Gasteiger partial charge in [-0.3, -0.25) is 4.79 Å². The van der Waals surface area contributed by atoms with Gasteiger partial charge in [-0.25, -0.2) is 4.98 Å². The number of thiazole rings is 1. The number of aromatic nitrogens is 1. The van der Waals surface area contributed by atoms with Crippen LogP contribution >= 0.6 is 34.7 Å². The Bertz CT molecular complexity index is 658. The highest BCUT2D eigenvalue weighted by molar-refractivity contribution is 8.00. The summed E-state index contributed by atoms with van der Waals surface area (Å²) in [5.74, 6) is 0.466. The smallest absolute Gasteiger partial charge is 0.229 e. The minimum absolute atomic E-state index is 0.116. The van der Waals surface area contributed by atoms with E-state index in [9.17, 15) is 4.79 Å². The first-order valence-electron chi connectivity index (χ1n) is 6.17. The summed E-state index contributed by atoms with van der Waals surface area (Å²) in [4.78, 5) is 17.5. The Morgan fingerprint density at radius 3 is 2.90 bits per heavy atom. The van der Waals surface area contributed by atoms with Crippen LogP contribution in [0.1, 0.15) is 10.6 Å². The quantitative estimate of drug-likeness (QED) is 0.834. The monoisotopic (exact) mass is 342 g/mol. The molecule has 1 amide bonds. The van der Waals surface area contributed by atoms with E-state index in [1.165, 1.54) is 0 Å². The average Bonchev–Trinajstić information content (AvgIpc) is 2.79. The Balaban J connectivity index is 2.11. The van der Waals surface area contributed by atoms with E-state index in [0.717, 1.165) is 14.9 Å². The minimum atomic E-state index is -0.116. The fourth-order valence-electron chi connectivity index (χ4n) is 1.77. The Labute approximate surface area is 136 Å². The molecule has 0 spiro atoms. The summed E-state index contributed by atoms with van der Waals surface area (Å²) in [5.41, 5.74) is 1.47. The zero-order valence-corrected chi connectivity index (χ0v) is 14.3. The van der Waals surface area contributed by atoms with E-state index in [0.29, 0.717) is 22.9 Å². The molecule has 1 heterocycles. The maximum Gasteiger partial charge on any atom is 0.229 e. The molecule has 0 bridgehead atoms. The largest absolute Gasteiger partial charge is 0.495 e. The van der Waals surface area contributed by atoms with Gasteiger partial charge in [-0.2, -0.15) is 0 Å². The van der Waals surface area contributed by atoms with Gasteiger partial charge in [-0.15, -0.1) is 11.3 Å². The minimum Gasteiger partial charge on any atom is -0.495 e. The Hall–Kier alpha value is -1.24. The van der Waals surface area contributed by atoms with Crippen molar-refractivity contribution in [1.29, 1.82) is 0 Å². The SMILES string of the molecule is COc1ccc(Cl)cc1NC(=O)Cc1sc(SC)nc1C. The number of carbonyl (C=O) groups is 1. The lowest BCUT2D eigenvalue weighted by Gasteiger charge is -2.10. The molecule has 0 saturated heterocycles. The topological polar surface area (TPSA) is 51.2 Å². The number of nitrogens with one attached hydrogen (secondary N) is 1. The van der Waals surface area contributed by atoms with Crippen molar-refractivity contribution in [2.45, 2.75) is 17.7 Å². The third kappa shape index (κ3) is 4.12. The molecular weight excluding hydrogens is 328 g/mol. The fraction of sp³-hybridized carbons (Fsp3) is 0.286. The molecule has 1 aromatic carbocycles. The summed E-state index contributed by atoms with van der Waals surface area (Å²) in [6.45, 7) is 1.92. The van der Waals surface area contributed by atoms with Gasteiger partial charge in [0.2, 0.25) is 5.91 Å². The standard InChI is InChI=1S/C14H15ClN2O2S2/c1-8-12(21-14(16-8)20-3)7-13(18)17-10-6-9(15)4-5-11(10)19-2/h4-6H,7H2,1-3H3,(H,17,18). The number of carbonyl (C=O) groups excluding carboxylic acids is 1. The molecule has 2 aromatic rings. The highest BCUT2D eigenvalue weighted by Gasteiger charge is 2.13. The summed E-state index contributed by atoms with van der Waals surface area (Å²) in [5, 5.41) is 3.38. The van der Waals surface area contributed by atoms with Crippen LogP contribution in [0.15, 0.2) is 22.5 Å². The second-order valence-corrected chi connectivity index (χ2v) is 6.84. The molecule has 7 heteroatoms. The third-order valence-corrected chi connectivity index (χ3v) is 5.18. The van der Waals surface area contributed by atoms with Gasteiger partial charge < -0.3 is 10.1 Å². The van der Waals surface area contributed by atoms with Crippen LogP contribution < -0.4 is 10.1 Å². The van der Waals surface area contributed by atoms with Gasteiger partial charge in [0.05, 0.1) is 24.9 Å². The average molecular weight is 343 g/mol. The molecular formula is C14H15ClN2O2S2. The summed E-state index contributed by atoms with van der Waals surface area (Å²) >= 11 is 9.07. The van der Waals surface area contributed by atoms with Crippen molar-refractivity contribution in [3.8, 4) is 5.75 Å². The van der Waals surface area contributed by atoms with Crippen molar-refractivity contribution >= 4 is 46.3 Å². The van der Waals surface area contributed by atoms with E-state index in [1.54, 1.807) is 48.4 Å². The van der Waals surface area contributed by atoms with E-state index >= 15 is 0 Å². The zero-order valence-electron chi connectivity index (χ0n) is 11.9. The van der Waals surface area contributed by atoms with Gasteiger partial charge in [0.15, 0.2) is 0 Å². The third-order valence-electron chi connectivity index (χ3n) is 2.80. The molecule has 21 heavy (non-hydrogen) atoms. The number of benzene rings is 1. The second-order valence-electron chi connectivity index (χ2n) is 4.26. The van der Waals surface area contributed by atoms with Gasteiger partial charge in [0, 0.05) is 9.90 Å². The molecule has 0 aliphatic carbocycles. The Kier molecular flexibility index (Phi) is 5.50. The summed E-state index contributed by atoms with van der Waals surface area (Å²) < 4.78 is 6.18. The van der Waals surface area contributed by atoms with E-state index < -0.39 is 0 Å². The van der Waals surface area contributed by atoms with Crippen LogP contribution in [0.5, 0.6) is 5.75 Å². The molecule has 2 rings (SSSR count). The predicted molar refractivity (Wildman–Crippen MR) is 89.0 cm³/mol. The molecule has 0 saturated carbocycles. The molecule has 1 aromatic heterocycles. The first-order valence-corrected chi connectivity index (χ1v) is 8.59. The van der Waals surface area contributed by atoms with E-state index in [4.69, 9.17) is 16.3 Å². The molecule has 0 radical (unpaired) electrons. The van der Waals surface area contributed by atoms with Gasteiger partial charge in [0.25, 0.3) is 0 Å². The Morgan fingerprint density at radius 2 is 2.29 bits per heavy atom. The molecule has 112 valence electrons. The number of rotatable bonds is 5. The van der Waals surface area contributed by atoms with Gasteiger partial charge >= 0.3 is 0 Å². The lowest BCUT2D eigenvalue weighted by atomic mass is 10.2. The number of hydrogen-bond donors (Lipinski definition) is 1. The van der Waals surface area contributed by atoms with E-state index in [2.05, 4.69) is 10.3 Å². The van der Waals surface area contributed by atoms with Crippen molar-refractivity contribution in [3.05, 3.63) is 33.8 Å². The van der Waals surface area contributed by atoms with Crippen LogP contribution in [0.2, 0.25) is 5.02 Å². The van der Waals surface area contributed by atoms with Crippen LogP contribution in [-0.4, -0.2) is 24.3 Å². The van der Waals surface area contributed by atoms with Crippen molar-refractivity contribution < 1.29 is 9.53 Å². The first kappa shape index (κ1) is 16.1. The van der Waals surface area contributed by atoms with Gasteiger partial charge in [-0.1, -0.05) is 23.4 Å². The number of nitrogens with zero attached hydrogens (tertiary/aromatic N) is 1. The Morgan fingerprint density at radius 1 is 1.52 bits per heavy atom. The maximum absolute atomic E-state index is 12.2. The van der Waals surface area contributed by atoms with Crippen molar-refractivity contribution in [1.82, 2.24) is 4.98 Å². The molecule has 0 aliphatic rings. The van der Waals surface area contributed by atoms with Crippen LogP contribution in [-0.2, 0) is 11.2 Å². The molecule has 0 unspecified atom stereocenters. The van der Waals surface area contributed by atoms with Crippen LogP contribution in [0.4, 0.5) is 5.69 Å². The summed E-state index contributed by atoms with van der Waals surface area (Å²) in [6.07, 6.45) is 2.26. The molecule has 0 fully saturated rings. The highest BCUT2D eigenvalue weighted by atomic mass is 35.5. The lowest BCUT2D eigenvalue weighted by molar-refractivity contribution is -0.115.